The molecule has 16 heavy (non-hydrogen) atoms. The molecule has 0 unspecified atom stereocenters. The molecule has 0 bridgehead atoms. The Balaban J connectivity index is 3.20. The van der Waals surface area contributed by atoms with Gasteiger partial charge < -0.3 is 19.7 Å². The molecule has 1 rings (SSSR count). The molecule has 0 fully saturated rings. The fourth-order valence-corrected chi connectivity index (χ4v) is 1.16. The van der Waals surface area contributed by atoms with Crippen molar-refractivity contribution in [3.05, 3.63) is 23.8 Å². The van der Waals surface area contributed by atoms with Crippen molar-refractivity contribution in [3.63, 3.8) is 0 Å². The van der Waals surface area contributed by atoms with Gasteiger partial charge in [-0.25, -0.2) is 4.79 Å². The van der Waals surface area contributed by atoms with Gasteiger partial charge in [-0.05, 0) is 12.1 Å². The van der Waals surface area contributed by atoms with E-state index in [-0.39, 0.29) is 11.5 Å². The van der Waals surface area contributed by atoms with Crippen LogP contribution in [0.25, 0.3) is 6.08 Å². The molecule has 0 aromatic heterocycles. The molecule has 86 valence electrons. The number of methoxy groups -OCH3 is 2. The molecule has 5 heteroatoms. The predicted octanol–water partition coefficient (Wildman–Crippen LogP) is 1.51. The lowest BCUT2D eigenvalue weighted by Crippen LogP contribution is -1.91. The first-order valence-electron chi connectivity index (χ1n) is 4.44. The number of aromatic hydroxyl groups is 1. The number of hydrogen-bond donors (Lipinski definition) is 2. The van der Waals surface area contributed by atoms with Crippen LogP contribution < -0.4 is 9.47 Å². The summed E-state index contributed by atoms with van der Waals surface area (Å²) in [5, 5.41) is 18.2. The summed E-state index contributed by atoms with van der Waals surface area (Å²) >= 11 is 0. The van der Waals surface area contributed by atoms with Gasteiger partial charge in [0.25, 0.3) is 0 Å². The van der Waals surface area contributed by atoms with Gasteiger partial charge in [-0.15, -0.1) is 0 Å². The second-order valence-corrected chi connectivity index (χ2v) is 2.94. The lowest BCUT2D eigenvalue weighted by Gasteiger charge is -2.08. The number of aliphatic carboxylic acids is 1. The zero-order valence-corrected chi connectivity index (χ0v) is 8.93. The summed E-state index contributed by atoms with van der Waals surface area (Å²) in [5.41, 5.74) is 0.318. The minimum Gasteiger partial charge on any atom is -0.504 e. The average molecular weight is 224 g/mol. The van der Waals surface area contributed by atoms with Crippen molar-refractivity contribution < 1.29 is 24.5 Å². The normalized spacial score (nSPS) is 10.4. The molecule has 0 aliphatic heterocycles. The van der Waals surface area contributed by atoms with Gasteiger partial charge in [0.2, 0.25) is 0 Å². The van der Waals surface area contributed by atoms with Crippen molar-refractivity contribution in [3.8, 4) is 17.2 Å². The molecule has 5 nitrogen and oxygen atoms in total. The first-order chi connectivity index (χ1) is 7.58. The third-order valence-electron chi connectivity index (χ3n) is 1.94. The summed E-state index contributed by atoms with van der Waals surface area (Å²) < 4.78 is 9.91. The molecule has 0 aliphatic rings. The number of benzene rings is 1. The maximum absolute atomic E-state index is 10.4. The number of carbonyl (C=O) groups is 1. The van der Waals surface area contributed by atoms with Crippen LogP contribution in [0.3, 0.4) is 0 Å². The molecule has 0 spiro atoms. The second-order valence-electron chi connectivity index (χ2n) is 2.94. The van der Waals surface area contributed by atoms with Crippen LogP contribution in [-0.4, -0.2) is 30.4 Å². The second kappa shape index (κ2) is 5.06. The van der Waals surface area contributed by atoms with Gasteiger partial charge in [0, 0.05) is 17.7 Å². The van der Waals surface area contributed by atoms with Gasteiger partial charge in [-0.2, -0.15) is 0 Å². The van der Waals surface area contributed by atoms with E-state index in [0.717, 1.165) is 6.08 Å². The number of phenols is 1. The Morgan fingerprint density at radius 1 is 1.31 bits per heavy atom. The number of hydrogen-bond acceptors (Lipinski definition) is 4. The van der Waals surface area contributed by atoms with Gasteiger partial charge in [0.05, 0.1) is 14.2 Å². The Morgan fingerprint density at radius 3 is 2.50 bits per heavy atom. The van der Waals surface area contributed by atoms with Crippen molar-refractivity contribution in [2.45, 2.75) is 0 Å². The van der Waals surface area contributed by atoms with Crippen molar-refractivity contribution in [2.75, 3.05) is 14.2 Å². The number of carboxylic acid groups (broad SMARTS) is 1. The van der Waals surface area contributed by atoms with E-state index < -0.39 is 5.97 Å². The third kappa shape index (κ3) is 2.66. The lowest BCUT2D eigenvalue weighted by atomic mass is 10.1. The Kier molecular flexibility index (Phi) is 3.77. The average Bonchev–Trinajstić information content (AvgIpc) is 2.27. The van der Waals surface area contributed by atoms with Crippen molar-refractivity contribution in [2.24, 2.45) is 0 Å². The fourth-order valence-electron chi connectivity index (χ4n) is 1.16. The predicted molar refractivity (Wildman–Crippen MR) is 57.9 cm³/mol. The zero-order valence-electron chi connectivity index (χ0n) is 8.93. The van der Waals surface area contributed by atoms with E-state index in [0.29, 0.717) is 11.3 Å². The highest BCUT2D eigenvalue weighted by atomic mass is 16.5. The Hall–Kier alpha value is -2.17. The molecule has 1 aromatic rings. The lowest BCUT2D eigenvalue weighted by molar-refractivity contribution is -0.131. The number of rotatable bonds is 4. The number of ether oxygens (including phenoxy) is 2. The van der Waals surface area contributed by atoms with E-state index in [4.69, 9.17) is 14.6 Å². The zero-order chi connectivity index (χ0) is 12.1. The summed E-state index contributed by atoms with van der Waals surface area (Å²) in [7, 11) is 2.87. The van der Waals surface area contributed by atoms with Crippen LogP contribution in [0, 0.1) is 0 Å². The molecule has 0 aliphatic carbocycles. The van der Waals surface area contributed by atoms with Crippen LogP contribution in [0.5, 0.6) is 17.2 Å². The maximum Gasteiger partial charge on any atom is 0.328 e. The topological polar surface area (TPSA) is 76.0 Å². The SMILES string of the molecule is COc1cc(C=CC(=O)O)c(O)c(OC)c1. The van der Waals surface area contributed by atoms with Crippen LogP contribution in [0.2, 0.25) is 0 Å². The van der Waals surface area contributed by atoms with E-state index >= 15 is 0 Å². The minimum absolute atomic E-state index is 0.124. The molecule has 0 amide bonds. The van der Waals surface area contributed by atoms with E-state index in [1.807, 2.05) is 0 Å². The molecular formula is C11H12O5. The highest BCUT2D eigenvalue weighted by molar-refractivity contribution is 5.86. The van der Waals surface area contributed by atoms with E-state index in [1.54, 1.807) is 0 Å². The molecule has 0 saturated heterocycles. The standard InChI is InChI=1S/C11H12O5/c1-15-8-5-7(3-4-10(12)13)11(14)9(6-8)16-2/h3-6,14H,1-2H3,(H,12,13). The smallest absolute Gasteiger partial charge is 0.328 e. The van der Waals surface area contributed by atoms with Gasteiger partial charge in [-0.3, -0.25) is 0 Å². The fraction of sp³-hybridized carbons (Fsp3) is 0.182. The van der Waals surface area contributed by atoms with Crippen molar-refractivity contribution in [1.82, 2.24) is 0 Å². The van der Waals surface area contributed by atoms with Gasteiger partial charge in [0.15, 0.2) is 11.5 Å². The summed E-state index contributed by atoms with van der Waals surface area (Å²) in [6.45, 7) is 0. The van der Waals surface area contributed by atoms with Crippen molar-refractivity contribution >= 4 is 12.0 Å². The summed E-state index contributed by atoms with van der Waals surface area (Å²) in [4.78, 5) is 10.4. The van der Waals surface area contributed by atoms with Crippen LogP contribution in [0.1, 0.15) is 5.56 Å². The highest BCUT2D eigenvalue weighted by Crippen LogP contribution is 2.35. The molecular weight excluding hydrogens is 212 g/mol. The number of phenolic OH excluding ortho intramolecular Hbond substituents is 1. The molecule has 2 N–H and O–H groups in total. The first kappa shape index (κ1) is 11.9. The summed E-state index contributed by atoms with van der Waals surface area (Å²) in [5.74, 6) is -0.522. The van der Waals surface area contributed by atoms with Crippen LogP contribution in [0.15, 0.2) is 18.2 Å². The quantitative estimate of drug-likeness (QED) is 0.758. The Bertz CT molecular complexity index is 423. The molecule has 0 atom stereocenters. The first-order valence-corrected chi connectivity index (χ1v) is 4.44. The summed E-state index contributed by atoms with van der Waals surface area (Å²) in [6.07, 6.45) is 2.19. The van der Waals surface area contributed by atoms with Gasteiger partial charge in [0.1, 0.15) is 5.75 Å². The van der Waals surface area contributed by atoms with E-state index in [1.165, 1.54) is 32.4 Å². The van der Waals surface area contributed by atoms with Gasteiger partial charge in [-0.1, -0.05) is 0 Å². The van der Waals surface area contributed by atoms with Gasteiger partial charge >= 0.3 is 5.97 Å². The van der Waals surface area contributed by atoms with E-state index in [2.05, 4.69) is 0 Å². The number of carboxylic acids is 1. The van der Waals surface area contributed by atoms with Crippen LogP contribution in [-0.2, 0) is 4.79 Å². The minimum atomic E-state index is -1.10. The molecule has 1 aromatic carbocycles. The van der Waals surface area contributed by atoms with E-state index in [9.17, 15) is 9.90 Å². The summed E-state index contributed by atoms with van der Waals surface area (Å²) in [6, 6.07) is 3.02. The molecule has 0 saturated carbocycles. The van der Waals surface area contributed by atoms with Crippen LogP contribution in [0.4, 0.5) is 0 Å². The van der Waals surface area contributed by atoms with Crippen molar-refractivity contribution in [1.29, 1.82) is 0 Å². The molecule has 0 heterocycles. The largest absolute Gasteiger partial charge is 0.504 e. The highest BCUT2D eigenvalue weighted by Gasteiger charge is 2.09. The third-order valence-corrected chi connectivity index (χ3v) is 1.94. The maximum atomic E-state index is 10.4. The Labute approximate surface area is 92.5 Å². The van der Waals surface area contributed by atoms with Crippen LogP contribution >= 0.6 is 0 Å². The Morgan fingerprint density at radius 2 is 2.00 bits per heavy atom. The molecule has 0 radical (unpaired) electrons. The monoisotopic (exact) mass is 224 g/mol.